The van der Waals surface area contributed by atoms with Crippen molar-refractivity contribution < 1.29 is 9.47 Å². The first-order chi connectivity index (χ1) is 6.85. The van der Waals surface area contributed by atoms with E-state index in [1.807, 2.05) is 6.07 Å². The number of halogens is 1. The van der Waals surface area contributed by atoms with Crippen LogP contribution in [0, 0.1) is 0 Å². The van der Waals surface area contributed by atoms with Gasteiger partial charge in [-0.3, -0.25) is 0 Å². The maximum atomic E-state index is 5.35. The first-order valence-electron chi connectivity index (χ1n) is 4.79. The molecular formula is C11H16ClNO2. The van der Waals surface area contributed by atoms with Gasteiger partial charge in [-0.25, -0.2) is 0 Å². The summed E-state index contributed by atoms with van der Waals surface area (Å²) in [5, 5.41) is 3.33. The Morgan fingerprint density at radius 3 is 2.67 bits per heavy atom. The molecule has 0 fully saturated rings. The zero-order valence-electron chi connectivity index (χ0n) is 9.00. The molecule has 4 heteroatoms. The fraction of sp³-hybridized carbons (Fsp3) is 0.455. The minimum absolute atomic E-state index is 0. The van der Waals surface area contributed by atoms with E-state index in [0.717, 1.165) is 31.0 Å². The maximum absolute atomic E-state index is 5.35. The summed E-state index contributed by atoms with van der Waals surface area (Å²) >= 11 is 0. The Kier molecular flexibility index (Phi) is 4.24. The highest BCUT2D eigenvalue weighted by atomic mass is 35.5. The van der Waals surface area contributed by atoms with E-state index in [2.05, 4.69) is 11.4 Å². The lowest BCUT2D eigenvalue weighted by Gasteiger charge is -2.20. The highest BCUT2D eigenvalue weighted by Gasteiger charge is 2.14. The average Bonchev–Trinajstić information content (AvgIpc) is 2.27. The summed E-state index contributed by atoms with van der Waals surface area (Å²) in [4.78, 5) is 0. The number of ether oxygens (including phenoxy) is 2. The number of hydrogen-bond donors (Lipinski definition) is 1. The summed E-state index contributed by atoms with van der Waals surface area (Å²) < 4.78 is 10.6. The molecule has 0 saturated heterocycles. The summed E-state index contributed by atoms with van der Waals surface area (Å²) in [6, 6.07) is 4.02. The Labute approximate surface area is 96.2 Å². The predicted octanol–water partition coefficient (Wildman–Crippen LogP) is 1.77. The van der Waals surface area contributed by atoms with Crippen LogP contribution in [-0.2, 0) is 13.0 Å². The Hall–Kier alpha value is -0.930. The van der Waals surface area contributed by atoms with E-state index in [0.29, 0.717) is 0 Å². The first-order valence-corrected chi connectivity index (χ1v) is 4.79. The summed E-state index contributed by atoms with van der Waals surface area (Å²) in [5.41, 5.74) is 2.60. The molecule has 0 bridgehead atoms. The van der Waals surface area contributed by atoms with Crippen molar-refractivity contribution in [2.75, 3.05) is 20.8 Å². The van der Waals surface area contributed by atoms with Crippen molar-refractivity contribution in [3.05, 3.63) is 23.3 Å². The predicted molar refractivity (Wildman–Crippen MR) is 62.2 cm³/mol. The smallest absolute Gasteiger partial charge is 0.126 e. The molecule has 84 valence electrons. The molecule has 0 saturated carbocycles. The van der Waals surface area contributed by atoms with Gasteiger partial charge in [-0.05, 0) is 24.6 Å². The number of benzene rings is 1. The molecule has 0 radical (unpaired) electrons. The van der Waals surface area contributed by atoms with E-state index >= 15 is 0 Å². The lowest BCUT2D eigenvalue weighted by Crippen LogP contribution is -2.24. The molecule has 0 atom stereocenters. The van der Waals surface area contributed by atoms with Gasteiger partial charge in [0, 0.05) is 18.2 Å². The minimum atomic E-state index is 0. The van der Waals surface area contributed by atoms with Gasteiger partial charge in [0.2, 0.25) is 0 Å². The molecule has 15 heavy (non-hydrogen) atoms. The third-order valence-corrected chi connectivity index (χ3v) is 2.60. The normalized spacial score (nSPS) is 13.7. The number of hydrogen-bond acceptors (Lipinski definition) is 3. The zero-order chi connectivity index (χ0) is 9.97. The van der Waals surface area contributed by atoms with Crippen LogP contribution >= 0.6 is 12.4 Å². The van der Waals surface area contributed by atoms with Crippen molar-refractivity contribution in [3.63, 3.8) is 0 Å². The summed E-state index contributed by atoms with van der Waals surface area (Å²) in [6.07, 6.45) is 1.03. The Morgan fingerprint density at radius 1 is 1.20 bits per heavy atom. The van der Waals surface area contributed by atoms with Gasteiger partial charge in [-0.2, -0.15) is 0 Å². The molecule has 1 aromatic rings. The molecule has 1 aliphatic heterocycles. The second-order valence-corrected chi connectivity index (χ2v) is 3.39. The SMILES string of the molecule is COc1cc2c(c(OC)c1)CCNC2.Cl. The van der Waals surface area contributed by atoms with Gasteiger partial charge < -0.3 is 14.8 Å². The number of nitrogens with one attached hydrogen (secondary N) is 1. The van der Waals surface area contributed by atoms with Crippen molar-refractivity contribution in [1.29, 1.82) is 0 Å². The average molecular weight is 230 g/mol. The van der Waals surface area contributed by atoms with Gasteiger partial charge in [0.1, 0.15) is 11.5 Å². The van der Waals surface area contributed by atoms with E-state index in [9.17, 15) is 0 Å². The van der Waals surface area contributed by atoms with E-state index in [4.69, 9.17) is 9.47 Å². The van der Waals surface area contributed by atoms with E-state index in [1.54, 1.807) is 14.2 Å². The first kappa shape index (κ1) is 12.1. The molecule has 0 aromatic heterocycles. The van der Waals surface area contributed by atoms with E-state index in [-0.39, 0.29) is 12.4 Å². The molecule has 3 nitrogen and oxygen atoms in total. The highest BCUT2D eigenvalue weighted by molar-refractivity contribution is 5.85. The van der Waals surface area contributed by atoms with Crippen molar-refractivity contribution in [2.24, 2.45) is 0 Å². The van der Waals surface area contributed by atoms with Gasteiger partial charge in [-0.1, -0.05) is 0 Å². The largest absolute Gasteiger partial charge is 0.497 e. The summed E-state index contributed by atoms with van der Waals surface area (Å²) in [7, 11) is 3.38. The zero-order valence-corrected chi connectivity index (χ0v) is 9.82. The summed E-state index contributed by atoms with van der Waals surface area (Å²) in [6.45, 7) is 1.93. The van der Waals surface area contributed by atoms with Crippen molar-refractivity contribution in [2.45, 2.75) is 13.0 Å². The second kappa shape index (κ2) is 5.24. The van der Waals surface area contributed by atoms with Gasteiger partial charge in [0.15, 0.2) is 0 Å². The van der Waals surface area contributed by atoms with Crippen LogP contribution in [0.25, 0.3) is 0 Å². The van der Waals surface area contributed by atoms with Crippen LogP contribution in [0.3, 0.4) is 0 Å². The third-order valence-electron chi connectivity index (χ3n) is 2.60. The Morgan fingerprint density at radius 2 is 2.00 bits per heavy atom. The molecule has 0 amide bonds. The standard InChI is InChI=1S/C11H15NO2.ClH/c1-13-9-5-8-7-12-4-3-10(8)11(6-9)14-2;/h5-6,12H,3-4,7H2,1-2H3;1H. The van der Waals surface area contributed by atoms with Crippen LogP contribution in [0.1, 0.15) is 11.1 Å². The van der Waals surface area contributed by atoms with Crippen LogP contribution in [0.2, 0.25) is 0 Å². The molecule has 1 heterocycles. The second-order valence-electron chi connectivity index (χ2n) is 3.39. The Bertz CT molecular complexity index is 324. The van der Waals surface area contributed by atoms with Crippen molar-refractivity contribution in [1.82, 2.24) is 5.32 Å². The number of fused-ring (bicyclic) bond motifs is 1. The van der Waals surface area contributed by atoms with E-state index in [1.165, 1.54) is 11.1 Å². The third kappa shape index (κ3) is 2.36. The maximum Gasteiger partial charge on any atom is 0.126 e. The van der Waals surface area contributed by atoms with Crippen LogP contribution in [0.15, 0.2) is 12.1 Å². The quantitative estimate of drug-likeness (QED) is 0.839. The molecule has 0 unspecified atom stereocenters. The molecule has 0 spiro atoms. The number of methoxy groups -OCH3 is 2. The molecular weight excluding hydrogens is 214 g/mol. The molecule has 0 aliphatic carbocycles. The van der Waals surface area contributed by atoms with Gasteiger partial charge in [-0.15, -0.1) is 12.4 Å². The number of rotatable bonds is 2. The lowest BCUT2D eigenvalue weighted by atomic mass is 9.99. The monoisotopic (exact) mass is 229 g/mol. The molecule has 1 aromatic carbocycles. The lowest BCUT2D eigenvalue weighted by molar-refractivity contribution is 0.387. The van der Waals surface area contributed by atoms with Crippen LogP contribution < -0.4 is 14.8 Å². The highest BCUT2D eigenvalue weighted by Crippen LogP contribution is 2.30. The van der Waals surface area contributed by atoms with Gasteiger partial charge in [0.25, 0.3) is 0 Å². The van der Waals surface area contributed by atoms with Crippen LogP contribution in [0.4, 0.5) is 0 Å². The minimum Gasteiger partial charge on any atom is -0.497 e. The van der Waals surface area contributed by atoms with Gasteiger partial charge in [0.05, 0.1) is 14.2 Å². The molecule has 2 rings (SSSR count). The molecule has 1 aliphatic rings. The fourth-order valence-corrected chi connectivity index (χ4v) is 1.85. The molecule has 1 N–H and O–H groups in total. The fourth-order valence-electron chi connectivity index (χ4n) is 1.85. The topological polar surface area (TPSA) is 30.5 Å². The van der Waals surface area contributed by atoms with Crippen molar-refractivity contribution in [3.8, 4) is 11.5 Å². The summed E-state index contributed by atoms with van der Waals surface area (Å²) in [5.74, 6) is 1.81. The van der Waals surface area contributed by atoms with Crippen molar-refractivity contribution >= 4 is 12.4 Å². The van der Waals surface area contributed by atoms with Gasteiger partial charge >= 0.3 is 0 Å². The Balaban J connectivity index is 0.00000112. The van der Waals surface area contributed by atoms with Crippen LogP contribution in [0.5, 0.6) is 11.5 Å². The van der Waals surface area contributed by atoms with E-state index < -0.39 is 0 Å². The van der Waals surface area contributed by atoms with Crippen LogP contribution in [-0.4, -0.2) is 20.8 Å².